The van der Waals surface area contributed by atoms with E-state index in [-0.39, 0.29) is 23.5 Å². The monoisotopic (exact) mass is 233 g/mol. The lowest BCUT2D eigenvalue weighted by atomic mass is 10.0. The zero-order valence-corrected chi connectivity index (χ0v) is 11.2. The molecule has 3 nitrogen and oxygen atoms in total. The Balaban J connectivity index is 4.27. The Morgan fingerprint density at radius 1 is 1.27 bits per heavy atom. The first-order valence-corrected chi connectivity index (χ1v) is 5.99. The number of hydrogen-bond donors (Lipinski definition) is 2. The van der Waals surface area contributed by atoms with E-state index in [0.717, 1.165) is 6.42 Å². The third-order valence-electron chi connectivity index (χ3n) is 1.79. The van der Waals surface area contributed by atoms with Crippen LogP contribution in [0.15, 0.2) is 0 Å². The van der Waals surface area contributed by atoms with Crippen LogP contribution in [0, 0.1) is 5.92 Å². The highest BCUT2D eigenvalue weighted by Gasteiger charge is 2.22. The van der Waals surface area contributed by atoms with Crippen LogP contribution in [0.25, 0.3) is 0 Å². The number of hydrogen-bond acceptors (Lipinski definition) is 4. The molecule has 90 valence electrons. The van der Waals surface area contributed by atoms with Gasteiger partial charge in [-0.05, 0) is 33.1 Å². The second-order valence-corrected chi connectivity index (χ2v) is 5.29. The second-order valence-electron chi connectivity index (χ2n) is 4.51. The molecule has 2 atom stereocenters. The van der Waals surface area contributed by atoms with E-state index in [2.05, 4.69) is 31.8 Å². The molecule has 15 heavy (non-hydrogen) atoms. The number of rotatable bonds is 6. The van der Waals surface area contributed by atoms with Crippen molar-refractivity contribution in [1.82, 2.24) is 5.32 Å². The topological polar surface area (TPSA) is 38.3 Å². The zero-order valence-electron chi connectivity index (χ0n) is 10.3. The van der Waals surface area contributed by atoms with Gasteiger partial charge in [0.05, 0.1) is 6.10 Å². The first-order chi connectivity index (χ1) is 6.82. The predicted molar refractivity (Wildman–Crippen MR) is 66.1 cm³/mol. The number of thiol groups is 1. The maximum atomic E-state index is 11.7. The van der Waals surface area contributed by atoms with Crippen LogP contribution in [0.1, 0.15) is 41.0 Å². The summed E-state index contributed by atoms with van der Waals surface area (Å²) in [5.74, 6) is 0.272. The molecule has 2 unspecified atom stereocenters. The number of nitrogens with one attached hydrogen (secondary N) is 1. The molecule has 0 heterocycles. The van der Waals surface area contributed by atoms with Gasteiger partial charge in [0.2, 0.25) is 0 Å². The molecule has 0 bridgehead atoms. The van der Waals surface area contributed by atoms with E-state index >= 15 is 0 Å². The fraction of sp³-hybridized carbons (Fsp3) is 0.909. The maximum absolute atomic E-state index is 11.7. The van der Waals surface area contributed by atoms with Crippen molar-refractivity contribution < 1.29 is 9.53 Å². The molecule has 1 N–H and O–H groups in total. The van der Waals surface area contributed by atoms with Gasteiger partial charge in [0.1, 0.15) is 6.04 Å². The highest BCUT2D eigenvalue weighted by Crippen LogP contribution is 2.09. The molecule has 0 aromatic heterocycles. The third-order valence-corrected chi connectivity index (χ3v) is 1.93. The Morgan fingerprint density at radius 2 is 1.80 bits per heavy atom. The fourth-order valence-corrected chi connectivity index (χ4v) is 1.49. The quantitative estimate of drug-likeness (QED) is 0.420. The number of esters is 1. The van der Waals surface area contributed by atoms with E-state index in [1.807, 2.05) is 20.8 Å². The van der Waals surface area contributed by atoms with Gasteiger partial charge < -0.3 is 4.74 Å². The molecular formula is C11H23NO2S. The maximum Gasteiger partial charge on any atom is 0.323 e. The molecule has 0 saturated heterocycles. The number of ether oxygens (including phenoxy) is 1. The van der Waals surface area contributed by atoms with Gasteiger partial charge in [-0.1, -0.05) is 13.8 Å². The molecule has 0 aliphatic carbocycles. The molecule has 0 aromatic rings. The van der Waals surface area contributed by atoms with Crippen molar-refractivity contribution in [2.75, 3.05) is 0 Å². The van der Waals surface area contributed by atoms with Crippen LogP contribution in [0.5, 0.6) is 0 Å². The Bertz CT molecular complexity index is 183. The van der Waals surface area contributed by atoms with Crippen molar-refractivity contribution in [1.29, 1.82) is 0 Å². The summed E-state index contributed by atoms with van der Waals surface area (Å²) in [5.41, 5.74) is 0. The minimum atomic E-state index is -0.250. The van der Waals surface area contributed by atoms with Crippen LogP contribution in [0.4, 0.5) is 0 Å². The molecule has 0 radical (unpaired) electrons. The summed E-state index contributed by atoms with van der Waals surface area (Å²) in [6, 6.07) is -0.250. The van der Waals surface area contributed by atoms with E-state index in [4.69, 9.17) is 4.74 Å². The van der Waals surface area contributed by atoms with Crippen LogP contribution in [-0.4, -0.2) is 23.5 Å². The van der Waals surface area contributed by atoms with Gasteiger partial charge in [-0.15, -0.1) is 0 Å². The molecule has 4 heteroatoms. The van der Waals surface area contributed by atoms with E-state index in [1.54, 1.807) is 0 Å². The van der Waals surface area contributed by atoms with Gasteiger partial charge >= 0.3 is 5.97 Å². The first kappa shape index (κ1) is 14.8. The lowest BCUT2D eigenvalue weighted by molar-refractivity contribution is -0.150. The van der Waals surface area contributed by atoms with Gasteiger partial charge in [0.15, 0.2) is 0 Å². The molecule has 0 spiro atoms. The van der Waals surface area contributed by atoms with E-state index in [0.29, 0.717) is 5.92 Å². The molecule has 0 aliphatic rings. The fourth-order valence-electron chi connectivity index (χ4n) is 1.31. The summed E-state index contributed by atoms with van der Waals surface area (Å²) in [7, 11) is 0. The molecule has 0 amide bonds. The lowest BCUT2D eigenvalue weighted by Gasteiger charge is -2.22. The summed E-state index contributed by atoms with van der Waals surface area (Å²) >= 11 is 4.23. The first-order valence-electron chi connectivity index (χ1n) is 5.47. The molecule has 0 aliphatic heterocycles. The summed E-state index contributed by atoms with van der Waals surface area (Å²) in [5, 5.41) is 3.10. The smallest absolute Gasteiger partial charge is 0.323 e. The number of carbonyl (C=O) groups is 1. The van der Waals surface area contributed by atoms with Gasteiger partial charge in [0, 0.05) is 5.37 Å². The normalized spacial score (nSPS) is 15.5. The SMILES string of the molecule is CC(C)CC(NC(C)S)C(=O)OC(C)C. The van der Waals surface area contributed by atoms with E-state index in [1.165, 1.54) is 0 Å². The van der Waals surface area contributed by atoms with Crippen molar-refractivity contribution in [3.8, 4) is 0 Å². The highest BCUT2D eigenvalue weighted by atomic mass is 32.1. The Hall–Kier alpha value is -0.220. The van der Waals surface area contributed by atoms with E-state index in [9.17, 15) is 4.79 Å². The van der Waals surface area contributed by atoms with Crippen LogP contribution in [-0.2, 0) is 9.53 Å². The van der Waals surface area contributed by atoms with Crippen LogP contribution < -0.4 is 5.32 Å². The molecule has 0 fully saturated rings. The molecule has 0 saturated carbocycles. The largest absolute Gasteiger partial charge is 0.462 e. The summed E-state index contributed by atoms with van der Waals surface area (Å²) in [6.45, 7) is 9.78. The highest BCUT2D eigenvalue weighted by molar-refractivity contribution is 7.80. The summed E-state index contributed by atoms with van der Waals surface area (Å²) < 4.78 is 5.18. The predicted octanol–water partition coefficient (Wildman–Crippen LogP) is 2.22. The minimum absolute atomic E-state index is 0.00605. The molecular weight excluding hydrogens is 210 g/mol. The third kappa shape index (κ3) is 7.68. The Kier molecular flexibility index (Phi) is 7.02. The Labute approximate surface area is 98.4 Å². The average Bonchev–Trinajstić information content (AvgIpc) is 1.99. The number of carbonyl (C=O) groups excluding carboxylic acids is 1. The average molecular weight is 233 g/mol. The van der Waals surface area contributed by atoms with Crippen LogP contribution in [0.2, 0.25) is 0 Å². The molecule has 0 rings (SSSR count). The van der Waals surface area contributed by atoms with Crippen molar-refractivity contribution >= 4 is 18.6 Å². The van der Waals surface area contributed by atoms with Gasteiger partial charge in [-0.2, -0.15) is 12.6 Å². The lowest BCUT2D eigenvalue weighted by Crippen LogP contribution is -2.42. The second kappa shape index (κ2) is 7.12. The minimum Gasteiger partial charge on any atom is -0.462 e. The van der Waals surface area contributed by atoms with Crippen molar-refractivity contribution in [2.24, 2.45) is 5.92 Å². The standard InChI is InChI=1S/C11H23NO2S/c1-7(2)6-10(12-9(5)15)11(13)14-8(3)4/h7-10,12,15H,6H2,1-5H3. The molecule has 0 aromatic carbocycles. The Morgan fingerprint density at radius 3 is 2.13 bits per heavy atom. The van der Waals surface area contributed by atoms with Crippen LogP contribution in [0.3, 0.4) is 0 Å². The zero-order chi connectivity index (χ0) is 12.0. The van der Waals surface area contributed by atoms with Crippen molar-refractivity contribution in [3.05, 3.63) is 0 Å². The van der Waals surface area contributed by atoms with Crippen LogP contribution >= 0.6 is 12.6 Å². The van der Waals surface area contributed by atoms with Gasteiger partial charge in [0.25, 0.3) is 0 Å². The summed E-state index contributed by atoms with van der Waals surface area (Å²) in [6.07, 6.45) is 0.709. The van der Waals surface area contributed by atoms with E-state index < -0.39 is 0 Å². The van der Waals surface area contributed by atoms with Gasteiger partial charge in [-0.25, -0.2) is 0 Å². The van der Waals surface area contributed by atoms with Crippen molar-refractivity contribution in [2.45, 2.75) is 58.6 Å². The van der Waals surface area contributed by atoms with Crippen molar-refractivity contribution in [3.63, 3.8) is 0 Å². The van der Waals surface area contributed by atoms with Gasteiger partial charge in [-0.3, -0.25) is 10.1 Å². The summed E-state index contributed by atoms with van der Waals surface area (Å²) in [4.78, 5) is 11.7.